The first-order valence-corrected chi connectivity index (χ1v) is 16.6. The van der Waals surface area contributed by atoms with Gasteiger partial charge >= 0.3 is 0 Å². The first kappa shape index (κ1) is 35.2. The molecule has 9 nitrogen and oxygen atoms in total. The number of carbonyl (C=O) groups is 1. The Morgan fingerprint density at radius 3 is 2.67 bits per heavy atom. The standard InChI is InChI=1S/C36H55N3O6/c1-7-43-26(2)23-42-24-28-9-12-30(13-10-28)32-20-31(21-36(4,5)38-27(3)40)37-22-35(32)45-25-29-11-14-34-33(19-29)39(16-18-44-34)15-8-17-41-6/h9-14,19,26,31-32,35,37H,7-8,15-18,20-25H2,1-6H3,(H,38,40)/t26-,31?,32-,35+/m1/s1. The number of fused-ring (bicyclic) bond motifs is 1. The molecule has 2 aliphatic rings. The molecule has 2 aromatic rings. The van der Waals surface area contributed by atoms with Gasteiger partial charge in [-0.15, -0.1) is 0 Å². The maximum Gasteiger partial charge on any atom is 0.217 e. The fourth-order valence-corrected chi connectivity index (χ4v) is 6.57. The minimum Gasteiger partial charge on any atom is -0.490 e. The van der Waals surface area contributed by atoms with Crippen LogP contribution < -0.4 is 20.3 Å². The molecular formula is C36H55N3O6. The van der Waals surface area contributed by atoms with E-state index in [0.29, 0.717) is 33.0 Å². The average Bonchev–Trinajstić information content (AvgIpc) is 3.00. The Hall–Kier alpha value is -2.69. The molecule has 0 aromatic heterocycles. The Morgan fingerprint density at radius 2 is 1.93 bits per heavy atom. The number of benzene rings is 2. The predicted octanol–water partition coefficient (Wildman–Crippen LogP) is 5.20. The van der Waals surface area contributed by atoms with Crippen LogP contribution in [0.1, 0.15) is 76.5 Å². The lowest BCUT2D eigenvalue weighted by Gasteiger charge is -2.40. The minimum absolute atomic E-state index is 0.00404. The van der Waals surface area contributed by atoms with E-state index in [9.17, 15) is 4.79 Å². The van der Waals surface area contributed by atoms with Gasteiger partial charge in [-0.1, -0.05) is 30.3 Å². The Labute approximate surface area is 270 Å². The molecule has 0 spiro atoms. The highest BCUT2D eigenvalue weighted by Gasteiger charge is 2.35. The third kappa shape index (κ3) is 11.0. The van der Waals surface area contributed by atoms with E-state index in [1.54, 1.807) is 14.0 Å². The lowest BCUT2D eigenvalue weighted by molar-refractivity contribution is -0.120. The number of ether oxygens (including phenoxy) is 5. The van der Waals surface area contributed by atoms with Crippen molar-refractivity contribution >= 4 is 11.6 Å². The van der Waals surface area contributed by atoms with Gasteiger partial charge in [-0.05, 0) is 75.8 Å². The number of rotatable bonds is 17. The molecule has 0 aliphatic carbocycles. The van der Waals surface area contributed by atoms with Crippen LogP contribution >= 0.6 is 0 Å². The van der Waals surface area contributed by atoms with Crippen LogP contribution in [0, 0.1) is 0 Å². The number of piperidine rings is 1. The maximum absolute atomic E-state index is 11.8. The highest BCUT2D eigenvalue weighted by molar-refractivity contribution is 5.73. The van der Waals surface area contributed by atoms with Crippen molar-refractivity contribution in [3.63, 3.8) is 0 Å². The summed E-state index contributed by atoms with van der Waals surface area (Å²) in [4.78, 5) is 14.2. The molecule has 1 unspecified atom stereocenters. The topological polar surface area (TPSA) is 90.5 Å². The van der Waals surface area contributed by atoms with Gasteiger partial charge < -0.3 is 39.2 Å². The smallest absolute Gasteiger partial charge is 0.217 e. The highest BCUT2D eigenvalue weighted by Crippen LogP contribution is 2.35. The van der Waals surface area contributed by atoms with Crippen LogP contribution in [0.3, 0.4) is 0 Å². The molecule has 1 saturated heterocycles. The third-order valence-corrected chi connectivity index (χ3v) is 8.57. The van der Waals surface area contributed by atoms with Crippen LogP contribution in [0.5, 0.6) is 5.75 Å². The lowest BCUT2D eigenvalue weighted by atomic mass is 9.80. The Bertz CT molecular complexity index is 1190. The summed E-state index contributed by atoms with van der Waals surface area (Å²) in [6.45, 7) is 16.1. The number of methoxy groups -OCH3 is 1. The summed E-state index contributed by atoms with van der Waals surface area (Å²) in [7, 11) is 1.75. The molecule has 0 saturated carbocycles. The van der Waals surface area contributed by atoms with E-state index in [1.165, 1.54) is 5.56 Å². The van der Waals surface area contributed by atoms with Crippen molar-refractivity contribution in [2.45, 2.75) is 96.8 Å². The molecule has 4 atom stereocenters. The molecule has 250 valence electrons. The monoisotopic (exact) mass is 625 g/mol. The zero-order valence-corrected chi connectivity index (χ0v) is 28.2. The number of amides is 1. The number of nitrogens with one attached hydrogen (secondary N) is 2. The summed E-state index contributed by atoms with van der Waals surface area (Å²) >= 11 is 0. The van der Waals surface area contributed by atoms with Gasteiger partial charge in [-0.2, -0.15) is 0 Å². The molecule has 4 rings (SSSR count). The van der Waals surface area contributed by atoms with Crippen molar-refractivity contribution in [2.24, 2.45) is 0 Å². The Morgan fingerprint density at radius 1 is 1.16 bits per heavy atom. The molecular weight excluding hydrogens is 570 g/mol. The first-order chi connectivity index (χ1) is 21.7. The van der Waals surface area contributed by atoms with Gasteiger partial charge in [-0.3, -0.25) is 4.79 Å². The van der Waals surface area contributed by atoms with Crippen molar-refractivity contribution < 1.29 is 28.5 Å². The Kier molecular flexibility index (Phi) is 13.5. The number of hydrogen-bond donors (Lipinski definition) is 2. The van der Waals surface area contributed by atoms with Gasteiger partial charge in [0, 0.05) is 57.8 Å². The van der Waals surface area contributed by atoms with E-state index in [4.69, 9.17) is 23.7 Å². The average molecular weight is 626 g/mol. The van der Waals surface area contributed by atoms with E-state index >= 15 is 0 Å². The van der Waals surface area contributed by atoms with Gasteiger partial charge in [0.2, 0.25) is 5.91 Å². The zero-order valence-electron chi connectivity index (χ0n) is 28.2. The second-order valence-corrected chi connectivity index (χ2v) is 13.1. The van der Waals surface area contributed by atoms with Crippen LogP contribution in [0.15, 0.2) is 42.5 Å². The van der Waals surface area contributed by atoms with E-state index in [1.807, 2.05) is 13.8 Å². The molecule has 0 radical (unpaired) electrons. The van der Waals surface area contributed by atoms with E-state index in [0.717, 1.165) is 68.1 Å². The fourth-order valence-electron chi connectivity index (χ4n) is 6.57. The molecule has 2 aliphatic heterocycles. The van der Waals surface area contributed by atoms with Crippen LogP contribution in [0.25, 0.3) is 0 Å². The van der Waals surface area contributed by atoms with Gasteiger partial charge in [-0.25, -0.2) is 0 Å². The molecule has 2 heterocycles. The fraction of sp³-hybridized carbons (Fsp3) is 0.639. The predicted molar refractivity (Wildman–Crippen MR) is 178 cm³/mol. The van der Waals surface area contributed by atoms with Crippen LogP contribution in [-0.4, -0.2) is 82.9 Å². The Balaban J connectivity index is 1.44. The first-order valence-electron chi connectivity index (χ1n) is 16.6. The van der Waals surface area contributed by atoms with Crippen molar-refractivity contribution in [1.29, 1.82) is 0 Å². The molecule has 45 heavy (non-hydrogen) atoms. The normalized spacial score (nSPS) is 20.8. The molecule has 1 fully saturated rings. The molecule has 9 heteroatoms. The van der Waals surface area contributed by atoms with Gasteiger partial charge in [0.15, 0.2) is 0 Å². The molecule has 0 bridgehead atoms. The van der Waals surface area contributed by atoms with E-state index in [2.05, 4.69) is 71.8 Å². The zero-order chi connectivity index (χ0) is 32.2. The second kappa shape index (κ2) is 17.3. The minimum atomic E-state index is -0.304. The number of nitrogens with zero attached hydrogens (tertiary/aromatic N) is 1. The molecule has 2 aromatic carbocycles. The third-order valence-electron chi connectivity index (χ3n) is 8.57. The van der Waals surface area contributed by atoms with E-state index < -0.39 is 0 Å². The van der Waals surface area contributed by atoms with Gasteiger partial charge in [0.1, 0.15) is 12.4 Å². The van der Waals surface area contributed by atoms with Crippen LogP contribution in [0.2, 0.25) is 0 Å². The quantitative estimate of drug-likeness (QED) is 0.232. The molecule has 1 amide bonds. The van der Waals surface area contributed by atoms with Crippen molar-refractivity contribution in [3.8, 4) is 5.75 Å². The summed E-state index contributed by atoms with van der Waals surface area (Å²) in [5.41, 5.74) is 4.37. The summed E-state index contributed by atoms with van der Waals surface area (Å²) in [6, 6.07) is 15.4. The SMILES string of the molecule is CCO[C@H](C)COCc1ccc([C@H]2CC(CC(C)(C)NC(C)=O)NC[C@@H]2OCc2ccc3c(c2)N(CCCOC)CCO3)cc1. The van der Waals surface area contributed by atoms with Crippen LogP contribution in [0.4, 0.5) is 5.69 Å². The number of carbonyl (C=O) groups excluding carboxylic acids is 1. The van der Waals surface area contributed by atoms with Crippen LogP contribution in [-0.2, 0) is 37.0 Å². The maximum atomic E-state index is 11.8. The lowest BCUT2D eigenvalue weighted by Crippen LogP contribution is -2.52. The molecule has 2 N–H and O–H groups in total. The van der Waals surface area contributed by atoms with Gasteiger partial charge in [0.05, 0.1) is 44.3 Å². The summed E-state index contributed by atoms with van der Waals surface area (Å²) in [5.74, 6) is 1.14. The second-order valence-electron chi connectivity index (χ2n) is 13.1. The number of anilines is 1. The largest absolute Gasteiger partial charge is 0.490 e. The van der Waals surface area contributed by atoms with Crippen molar-refractivity contribution in [1.82, 2.24) is 10.6 Å². The highest BCUT2D eigenvalue weighted by atomic mass is 16.5. The van der Waals surface area contributed by atoms with Crippen molar-refractivity contribution in [2.75, 3.05) is 58.1 Å². The van der Waals surface area contributed by atoms with Gasteiger partial charge in [0.25, 0.3) is 0 Å². The summed E-state index contributed by atoms with van der Waals surface area (Å²) in [5, 5.41) is 6.84. The summed E-state index contributed by atoms with van der Waals surface area (Å²) in [6.07, 6.45) is 2.82. The van der Waals surface area contributed by atoms with E-state index in [-0.39, 0.29) is 35.6 Å². The number of hydrogen-bond acceptors (Lipinski definition) is 8. The van der Waals surface area contributed by atoms with Crippen molar-refractivity contribution in [3.05, 3.63) is 59.2 Å². The summed E-state index contributed by atoms with van der Waals surface area (Å²) < 4.78 is 29.4.